The van der Waals surface area contributed by atoms with Crippen LogP contribution in [0.15, 0.2) is 59.7 Å². The van der Waals surface area contributed by atoms with Gasteiger partial charge in [0.25, 0.3) is 9.70 Å². The maximum absolute atomic E-state index is 13.4. The number of carbonyl (C=O) groups is 3. The molecule has 0 fully saturated rings. The number of hydrogen-bond acceptors (Lipinski definition) is 3. The van der Waals surface area contributed by atoms with E-state index in [4.69, 9.17) is 46.4 Å². The molecule has 2 aliphatic rings. The van der Waals surface area contributed by atoms with Crippen molar-refractivity contribution < 1.29 is 14.4 Å². The average molecular weight is 469 g/mol. The van der Waals surface area contributed by atoms with E-state index in [9.17, 15) is 14.4 Å². The van der Waals surface area contributed by atoms with E-state index in [1.807, 2.05) is 0 Å². The van der Waals surface area contributed by atoms with Gasteiger partial charge in [-0.25, -0.2) is 0 Å². The summed E-state index contributed by atoms with van der Waals surface area (Å²) in [5.74, 6) is -1.28. The van der Waals surface area contributed by atoms with Gasteiger partial charge in [0, 0.05) is 33.8 Å². The van der Waals surface area contributed by atoms with Crippen LogP contribution in [-0.2, 0) is 4.79 Å². The Hall–Kier alpha value is -1.85. The number of Topliss-reactive ketones (excluding diaryl/α,β-unsaturated/α-hetero) is 2. The van der Waals surface area contributed by atoms with Gasteiger partial charge in [0.2, 0.25) is 0 Å². The van der Waals surface area contributed by atoms with Gasteiger partial charge in [-0.15, -0.1) is 0 Å². The first-order valence-electron chi connectivity index (χ1n) is 8.75. The molecule has 0 saturated carbocycles. The molecule has 2 aromatic rings. The molecule has 1 aliphatic heterocycles. The Morgan fingerprint density at radius 3 is 2.10 bits per heavy atom. The molecule has 0 N–H and O–H groups in total. The van der Waals surface area contributed by atoms with Crippen molar-refractivity contribution in [1.29, 1.82) is 0 Å². The van der Waals surface area contributed by atoms with Gasteiger partial charge in [-0.05, 0) is 24.1 Å². The minimum absolute atomic E-state index is 0.139. The molecule has 148 valence electrons. The summed E-state index contributed by atoms with van der Waals surface area (Å²) in [5.41, 5.74) is 1.90. The molecule has 0 bridgehead atoms. The summed E-state index contributed by atoms with van der Waals surface area (Å²) in [7, 11) is 0. The van der Waals surface area contributed by atoms with Crippen molar-refractivity contribution in [2.45, 2.75) is 16.3 Å². The van der Waals surface area contributed by atoms with E-state index in [0.29, 0.717) is 27.3 Å². The second-order valence-electron chi connectivity index (χ2n) is 6.80. The number of halogens is 4. The van der Waals surface area contributed by atoms with Crippen molar-refractivity contribution >= 4 is 63.9 Å². The predicted molar refractivity (Wildman–Crippen MR) is 113 cm³/mol. The Labute approximate surface area is 187 Å². The quantitative estimate of drug-likeness (QED) is 0.529. The second kappa shape index (κ2) is 7.44. The maximum atomic E-state index is 13.4. The molecule has 0 aromatic heterocycles. The van der Waals surface area contributed by atoms with Crippen LogP contribution >= 0.6 is 46.4 Å². The maximum Gasteiger partial charge on any atom is 0.275 e. The number of carbonyl (C=O) groups excluding carboxylic acids is 3. The van der Waals surface area contributed by atoms with Gasteiger partial charge >= 0.3 is 0 Å². The fraction of sp³-hybridized carbons (Fsp3) is 0.190. The summed E-state index contributed by atoms with van der Waals surface area (Å²) in [4.78, 5) is 40.7. The highest BCUT2D eigenvalue weighted by Gasteiger charge is 2.46. The van der Waals surface area contributed by atoms with Crippen LogP contribution in [0.2, 0.25) is 5.02 Å². The largest absolute Gasteiger partial charge is 0.327 e. The lowest BCUT2D eigenvalue weighted by Gasteiger charge is -2.41. The monoisotopic (exact) mass is 467 g/mol. The lowest BCUT2D eigenvalue weighted by atomic mass is 9.76. The van der Waals surface area contributed by atoms with E-state index >= 15 is 0 Å². The van der Waals surface area contributed by atoms with Crippen LogP contribution in [0.5, 0.6) is 0 Å². The number of ketones is 2. The van der Waals surface area contributed by atoms with Crippen molar-refractivity contribution in [2.24, 2.45) is 0 Å². The molecule has 1 unspecified atom stereocenters. The molecule has 8 heteroatoms. The van der Waals surface area contributed by atoms with Crippen molar-refractivity contribution in [3.05, 3.63) is 81.4 Å². The van der Waals surface area contributed by atoms with Crippen LogP contribution < -0.4 is 0 Å². The first-order chi connectivity index (χ1) is 13.7. The van der Waals surface area contributed by atoms with Crippen LogP contribution in [0.1, 0.15) is 38.7 Å². The van der Waals surface area contributed by atoms with E-state index in [1.165, 1.54) is 4.90 Å². The number of benzene rings is 2. The Morgan fingerprint density at radius 1 is 0.931 bits per heavy atom. The predicted octanol–water partition coefficient (Wildman–Crippen LogP) is 5.36. The van der Waals surface area contributed by atoms with Gasteiger partial charge in [0.15, 0.2) is 11.6 Å². The Balaban J connectivity index is 1.92. The number of nitrogens with zero attached hydrogens (tertiary/aromatic N) is 1. The van der Waals surface area contributed by atoms with Crippen LogP contribution in [0, 0.1) is 0 Å². The number of alkyl halides is 3. The van der Waals surface area contributed by atoms with Crippen molar-refractivity contribution in [3.63, 3.8) is 0 Å². The fourth-order valence-corrected chi connectivity index (χ4v) is 4.33. The molecule has 1 heterocycles. The van der Waals surface area contributed by atoms with Crippen molar-refractivity contribution in [3.8, 4) is 0 Å². The van der Waals surface area contributed by atoms with Gasteiger partial charge in [0.1, 0.15) is 0 Å². The molecule has 1 amide bonds. The van der Waals surface area contributed by atoms with E-state index in [2.05, 4.69) is 0 Å². The fourth-order valence-electron chi connectivity index (χ4n) is 3.87. The van der Waals surface area contributed by atoms with Crippen LogP contribution in [0.25, 0.3) is 0 Å². The number of amides is 1. The lowest BCUT2D eigenvalue weighted by Crippen LogP contribution is -2.48. The minimum atomic E-state index is -2.19. The SMILES string of the molecule is O=C1C2=C(C(=O)c3ccccc31)C(c1ccc(Cl)cc1)N(C(=O)C(Cl)(Cl)Cl)CC2. The Morgan fingerprint density at radius 2 is 1.52 bits per heavy atom. The second-order valence-corrected chi connectivity index (χ2v) is 9.51. The zero-order chi connectivity index (χ0) is 20.9. The van der Waals surface area contributed by atoms with Crippen LogP contribution in [-0.4, -0.2) is 32.7 Å². The average Bonchev–Trinajstić information content (AvgIpc) is 2.70. The van der Waals surface area contributed by atoms with Crippen molar-refractivity contribution in [1.82, 2.24) is 4.90 Å². The minimum Gasteiger partial charge on any atom is -0.327 e. The molecular formula is C21H13Cl4NO3. The molecule has 0 radical (unpaired) electrons. The molecule has 2 aromatic carbocycles. The molecule has 1 atom stereocenters. The summed E-state index contributed by atoms with van der Waals surface area (Å²) in [6, 6.07) is 12.5. The summed E-state index contributed by atoms with van der Waals surface area (Å²) < 4.78 is -2.19. The van der Waals surface area contributed by atoms with Gasteiger partial charge in [0.05, 0.1) is 6.04 Å². The highest BCUT2D eigenvalue weighted by Crippen LogP contribution is 2.44. The third-order valence-corrected chi connectivity index (χ3v) is 5.87. The zero-order valence-electron chi connectivity index (χ0n) is 14.8. The normalized spacial score (nSPS) is 19.2. The summed E-state index contributed by atoms with van der Waals surface area (Å²) in [6.07, 6.45) is 0.199. The Bertz CT molecular complexity index is 1070. The summed E-state index contributed by atoms with van der Waals surface area (Å²) >= 11 is 23.6. The molecule has 0 saturated heterocycles. The van der Waals surface area contributed by atoms with Crippen molar-refractivity contribution in [2.75, 3.05) is 6.54 Å². The van der Waals surface area contributed by atoms with E-state index in [1.54, 1.807) is 48.5 Å². The third kappa shape index (κ3) is 3.49. The van der Waals surface area contributed by atoms with Gasteiger partial charge < -0.3 is 4.90 Å². The number of hydrogen-bond donors (Lipinski definition) is 0. The molecule has 4 nitrogen and oxygen atoms in total. The van der Waals surface area contributed by atoms with Crippen LogP contribution in [0.4, 0.5) is 0 Å². The molecule has 0 spiro atoms. The highest BCUT2D eigenvalue weighted by atomic mass is 35.6. The summed E-state index contributed by atoms with van der Waals surface area (Å²) in [6.45, 7) is 0.139. The van der Waals surface area contributed by atoms with Gasteiger partial charge in [-0.3, -0.25) is 14.4 Å². The van der Waals surface area contributed by atoms with Gasteiger partial charge in [-0.1, -0.05) is 82.8 Å². The topological polar surface area (TPSA) is 54.5 Å². The molecular weight excluding hydrogens is 456 g/mol. The van der Waals surface area contributed by atoms with E-state index in [-0.39, 0.29) is 30.1 Å². The highest BCUT2D eigenvalue weighted by molar-refractivity contribution is 6.76. The molecule has 29 heavy (non-hydrogen) atoms. The lowest BCUT2D eigenvalue weighted by molar-refractivity contribution is -0.132. The number of rotatable bonds is 1. The van der Waals surface area contributed by atoms with Gasteiger partial charge in [-0.2, -0.15) is 0 Å². The first-order valence-corrected chi connectivity index (χ1v) is 10.3. The van der Waals surface area contributed by atoms with E-state index in [0.717, 1.165) is 0 Å². The van der Waals surface area contributed by atoms with E-state index < -0.39 is 15.7 Å². The Kier molecular flexibility index (Phi) is 5.24. The zero-order valence-corrected chi connectivity index (χ0v) is 17.8. The molecule has 4 rings (SSSR count). The molecule has 1 aliphatic carbocycles. The number of fused-ring (bicyclic) bond motifs is 1. The van der Waals surface area contributed by atoms with Crippen LogP contribution in [0.3, 0.4) is 0 Å². The smallest absolute Gasteiger partial charge is 0.275 e. The first kappa shape index (κ1) is 20.4. The third-order valence-electron chi connectivity index (χ3n) is 5.14. The summed E-state index contributed by atoms with van der Waals surface area (Å²) in [5, 5.41) is 0.495. The standard InChI is InChI=1S/C21H13Cl4NO3/c22-12-7-5-11(6-8-12)17-16-15(9-10-26(17)20(29)21(23,24)25)18(27)13-3-1-2-4-14(13)19(16)28/h1-8,17H,9-10H2.